The first-order chi connectivity index (χ1) is 11.0. The Labute approximate surface area is 134 Å². The molecule has 0 unspecified atom stereocenters. The quantitative estimate of drug-likeness (QED) is 0.769. The number of rotatable bonds is 5. The van der Waals surface area contributed by atoms with Crippen molar-refractivity contribution >= 4 is 17.4 Å². The van der Waals surface area contributed by atoms with E-state index in [4.69, 9.17) is 4.74 Å². The predicted octanol–water partition coefficient (Wildman–Crippen LogP) is 1.72. The molecule has 0 radical (unpaired) electrons. The highest BCUT2D eigenvalue weighted by Crippen LogP contribution is 2.25. The van der Waals surface area contributed by atoms with Crippen molar-refractivity contribution in [1.29, 1.82) is 0 Å². The second kappa shape index (κ2) is 6.91. The average molecular weight is 319 g/mol. The number of hydrogen-bond donors (Lipinski definition) is 0. The fourth-order valence-electron chi connectivity index (χ4n) is 2.21. The van der Waals surface area contributed by atoms with Crippen LogP contribution in [0.1, 0.15) is 6.92 Å². The van der Waals surface area contributed by atoms with Crippen molar-refractivity contribution in [2.75, 3.05) is 32.7 Å². The number of carbonyl (C=O) groups is 1. The molecule has 0 atom stereocenters. The van der Waals surface area contributed by atoms with Crippen molar-refractivity contribution in [2.24, 2.45) is 0 Å². The number of ether oxygens (including phenoxy) is 1. The fraction of sp³-hybridized carbons (Fsp3) is 0.333. The van der Waals surface area contributed by atoms with Crippen LogP contribution in [0.2, 0.25) is 0 Å². The average Bonchev–Trinajstić information content (AvgIpc) is 2.55. The SMILES string of the molecule is COC1=CC(N(C(C)=O)c2cc([N+](=O)OC)ccn2)=CCN1C. The molecule has 1 aliphatic rings. The lowest BCUT2D eigenvalue weighted by molar-refractivity contribution is -0.736. The Morgan fingerprint density at radius 1 is 1.43 bits per heavy atom. The van der Waals surface area contributed by atoms with Crippen LogP contribution in [0.15, 0.2) is 42.1 Å². The van der Waals surface area contributed by atoms with E-state index in [1.807, 2.05) is 18.0 Å². The van der Waals surface area contributed by atoms with Gasteiger partial charge in [-0.1, -0.05) is 0 Å². The van der Waals surface area contributed by atoms with Crippen molar-refractivity contribution in [3.8, 4) is 0 Å². The number of anilines is 1. The van der Waals surface area contributed by atoms with E-state index < -0.39 is 0 Å². The zero-order chi connectivity index (χ0) is 17.0. The van der Waals surface area contributed by atoms with Crippen LogP contribution in [0.4, 0.5) is 11.5 Å². The maximum atomic E-state index is 12.1. The molecule has 23 heavy (non-hydrogen) atoms. The second-order valence-corrected chi connectivity index (χ2v) is 4.86. The summed E-state index contributed by atoms with van der Waals surface area (Å²) in [4.78, 5) is 36.2. The van der Waals surface area contributed by atoms with Gasteiger partial charge in [0.2, 0.25) is 5.91 Å². The first-order valence-corrected chi connectivity index (χ1v) is 6.93. The number of likely N-dealkylation sites (N-methyl/N-ethyl adjacent to an activating group) is 1. The number of pyridine rings is 1. The first-order valence-electron chi connectivity index (χ1n) is 6.93. The van der Waals surface area contributed by atoms with Gasteiger partial charge >= 0.3 is 5.69 Å². The molecule has 0 N–H and O–H groups in total. The molecule has 8 nitrogen and oxygen atoms in total. The van der Waals surface area contributed by atoms with Crippen LogP contribution in [0, 0.1) is 4.91 Å². The van der Waals surface area contributed by atoms with Crippen molar-refractivity contribution in [3.63, 3.8) is 0 Å². The summed E-state index contributed by atoms with van der Waals surface area (Å²) >= 11 is 0. The zero-order valence-corrected chi connectivity index (χ0v) is 13.5. The molecule has 2 heterocycles. The Kier molecular flexibility index (Phi) is 4.95. The lowest BCUT2D eigenvalue weighted by atomic mass is 10.2. The number of allylic oxidation sites excluding steroid dienone is 1. The Balaban J connectivity index is 2.42. The molecule has 0 saturated carbocycles. The number of methoxy groups -OCH3 is 1. The van der Waals surface area contributed by atoms with Crippen LogP contribution >= 0.6 is 0 Å². The molecule has 1 aromatic heterocycles. The van der Waals surface area contributed by atoms with Gasteiger partial charge in [-0.2, -0.15) is 0 Å². The maximum Gasteiger partial charge on any atom is 0.322 e. The summed E-state index contributed by atoms with van der Waals surface area (Å²) < 4.78 is 5.29. The summed E-state index contributed by atoms with van der Waals surface area (Å²) in [5.41, 5.74) is 0.875. The number of carbonyl (C=O) groups excluding carboxylic acids is 1. The summed E-state index contributed by atoms with van der Waals surface area (Å²) in [6.07, 6.45) is 5.06. The molecule has 0 bridgehead atoms. The van der Waals surface area contributed by atoms with Crippen LogP contribution in [-0.2, 0) is 14.4 Å². The van der Waals surface area contributed by atoms with Crippen LogP contribution in [0.3, 0.4) is 0 Å². The van der Waals surface area contributed by atoms with Gasteiger partial charge in [-0.05, 0) is 6.08 Å². The Hall–Kier alpha value is -2.90. The van der Waals surface area contributed by atoms with E-state index in [1.54, 1.807) is 13.2 Å². The summed E-state index contributed by atoms with van der Waals surface area (Å²) in [7, 11) is 4.71. The molecular formula is C15H19N4O4+. The predicted molar refractivity (Wildman–Crippen MR) is 83.5 cm³/mol. The largest absolute Gasteiger partial charge is 0.482 e. The smallest absolute Gasteiger partial charge is 0.322 e. The molecule has 0 fully saturated rings. The van der Waals surface area contributed by atoms with E-state index >= 15 is 0 Å². The minimum Gasteiger partial charge on any atom is -0.482 e. The van der Waals surface area contributed by atoms with Gasteiger partial charge in [0.05, 0.1) is 23.8 Å². The molecule has 0 aromatic carbocycles. The summed E-state index contributed by atoms with van der Waals surface area (Å²) in [5.74, 6) is 0.731. The third-order valence-corrected chi connectivity index (χ3v) is 3.34. The summed E-state index contributed by atoms with van der Waals surface area (Å²) in [6.45, 7) is 2.02. The number of amides is 1. The molecule has 0 spiro atoms. The van der Waals surface area contributed by atoms with Gasteiger partial charge in [-0.3, -0.25) is 9.69 Å². The second-order valence-electron chi connectivity index (χ2n) is 4.86. The van der Waals surface area contributed by atoms with Gasteiger partial charge in [0.15, 0.2) is 13.0 Å². The highest BCUT2D eigenvalue weighted by Gasteiger charge is 2.24. The van der Waals surface area contributed by atoms with Crippen LogP contribution < -0.4 is 4.90 Å². The molecule has 8 heteroatoms. The summed E-state index contributed by atoms with van der Waals surface area (Å²) in [6, 6.07) is 2.98. The van der Waals surface area contributed by atoms with Crippen molar-refractivity contribution in [2.45, 2.75) is 6.92 Å². The lowest BCUT2D eigenvalue weighted by Gasteiger charge is -2.28. The lowest BCUT2D eigenvalue weighted by Crippen LogP contribution is -2.32. The number of nitrogens with zero attached hydrogens (tertiary/aromatic N) is 4. The Morgan fingerprint density at radius 2 is 2.17 bits per heavy atom. The molecule has 1 amide bonds. The first kappa shape index (κ1) is 16.5. The van der Waals surface area contributed by atoms with Gasteiger partial charge in [0, 0.05) is 38.9 Å². The topological polar surface area (TPSA) is 75.0 Å². The Morgan fingerprint density at radius 3 is 2.78 bits per heavy atom. The van der Waals surface area contributed by atoms with Gasteiger partial charge < -0.3 is 9.64 Å². The normalized spacial score (nSPS) is 13.8. The molecule has 2 rings (SSSR count). The van der Waals surface area contributed by atoms with Gasteiger partial charge in [-0.25, -0.2) is 9.82 Å². The minimum absolute atomic E-state index is 0.230. The minimum atomic E-state index is -0.230. The van der Waals surface area contributed by atoms with Gasteiger partial charge in [0.1, 0.15) is 5.82 Å². The van der Waals surface area contributed by atoms with Crippen LogP contribution in [0.25, 0.3) is 0 Å². The van der Waals surface area contributed by atoms with E-state index in [0.717, 1.165) is 0 Å². The summed E-state index contributed by atoms with van der Waals surface area (Å²) in [5, 5.41) is 0. The van der Waals surface area contributed by atoms with E-state index in [1.165, 1.54) is 37.3 Å². The standard InChI is InChI=1S/C15H19N4O4/c1-11(20)18(12-6-8-17(2)15(10-12)22-3)14-9-13(5-7-16-14)19(21)23-4/h5-7,9-10H,8H2,1-4H3/q+1. The number of hydrogen-bond acceptors (Lipinski definition) is 6. The zero-order valence-electron chi connectivity index (χ0n) is 13.5. The maximum absolute atomic E-state index is 12.1. The highest BCUT2D eigenvalue weighted by molar-refractivity contribution is 5.94. The van der Waals surface area contributed by atoms with Crippen molar-refractivity contribution in [3.05, 3.63) is 47.0 Å². The fourth-order valence-corrected chi connectivity index (χ4v) is 2.21. The third-order valence-electron chi connectivity index (χ3n) is 3.34. The van der Waals surface area contributed by atoms with E-state index in [-0.39, 0.29) is 11.6 Å². The molecule has 0 aliphatic carbocycles. The Bertz CT molecular complexity index is 684. The van der Waals surface area contributed by atoms with E-state index in [2.05, 4.69) is 9.82 Å². The van der Waals surface area contributed by atoms with Gasteiger partial charge in [0.25, 0.3) is 4.92 Å². The van der Waals surface area contributed by atoms with Crippen molar-refractivity contribution in [1.82, 2.24) is 9.88 Å². The molecule has 122 valence electrons. The molecule has 1 aliphatic heterocycles. The van der Waals surface area contributed by atoms with E-state index in [0.29, 0.717) is 28.9 Å². The van der Waals surface area contributed by atoms with Gasteiger partial charge in [-0.15, -0.1) is 0 Å². The molecule has 0 saturated heterocycles. The van der Waals surface area contributed by atoms with Crippen LogP contribution in [0.5, 0.6) is 0 Å². The third kappa shape index (κ3) is 3.47. The number of aromatic nitrogens is 1. The highest BCUT2D eigenvalue weighted by atomic mass is 16.8. The van der Waals surface area contributed by atoms with E-state index in [9.17, 15) is 9.70 Å². The van der Waals surface area contributed by atoms with Crippen molar-refractivity contribution < 1.29 is 19.3 Å². The van der Waals surface area contributed by atoms with Crippen LogP contribution in [-0.4, -0.2) is 48.5 Å². The molecular weight excluding hydrogens is 300 g/mol. The molecule has 1 aromatic rings. The monoisotopic (exact) mass is 319 g/mol.